The maximum Gasteiger partial charge on any atom is 0.337 e. The van der Waals surface area contributed by atoms with Crippen molar-refractivity contribution in [1.82, 2.24) is 0 Å². The number of thiophene rings is 1. The van der Waals surface area contributed by atoms with Gasteiger partial charge in [0.2, 0.25) is 0 Å². The summed E-state index contributed by atoms with van der Waals surface area (Å²) >= 11 is 4.33. The molecule has 1 atom stereocenters. The van der Waals surface area contributed by atoms with Crippen molar-refractivity contribution in [3.63, 3.8) is 0 Å². The molecular weight excluding hydrogens is 414 g/mol. The first-order chi connectivity index (χ1) is 12.7. The normalized spacial score (nSPS) is 12.1. The Morgan fingerprint density at radius 3 is 2.44 bits per heavy atom. The van der Waals surface area contributed by atoms with Crippen LogP contribution in [0.2, 0.25) is 5.02 Å². The third-order valence-corrected chi connectivity index (χ3v) is 6.19. The summed E-state index contributed by atoms with van der Waals surface area (Å²) in [6, 6.07) is 8.37. The Morgan fingerprint density at radius 2 is 1.85 bits per heavy atom. The fraction of sp³-hybridized carbons (Fsp3) is 0.0588. The molecule has 0 radical (unpaired) electrons. The molecule has 1 aromatic heterocycles. The molecule has 0 saturated carbocycles. The van der Waals surface area contributed by atoms with Crippen LogP contribution in [-0.2, 0) is 11.3 Å². The Bertz CT molecular complexity index is 1110. The molecule has 1 heterocycles. The van der Waals surface area contributed by atoms with E-state index in [9.17, 15) is 23.5 Å². The van der Waals surface area contributed by atoms with Gasteiger partial charge in [-0.2, -0.15) is 0 Å². The summed E-state index contributed by atoms with van der Waals surface area (Å²) in [5.74, 6) is -2.75. The highest BCUT2D eigenvalue weighted by atomic mass is 35.5. The van der Waals surface area contributed by atoms with Gasteiger partial charge in [-0.3, -0.25) is 8.51 Å². The van der Waals surface area contributed by atoms with Gasteiger partial charge in [0.05, 0.1) is 28.1 Å². The molecule has 27 heavy (non-hydrogen) atoms. The lowest BCUT2D eigenvalue weighted by Crippen LogP contribution is -2.22. The SMILES string of the molecule is Cc1c(N(c2ccc(C(=O)O)cc2C(=O)O)S(=O)[O-])sc2ccc(Cl)cc12. The quantitative estimate of drug-likeness (QED) is 0.593. The topological polar surface area (TPSA) is 118 Å². The minimum atomic E-state index is -2.84. The van der Waals surface area contributed by atoms with Crippen LogP contribution in [-0.4, -0.2) is 30.9 Å². The van der Waals surface area contributed by atoms with E-state index in [2.05, 4.69) is 0 Å². The highest BCUT2D eigenvalue weighted by Gasteiger charge is 2.24. The third-order valence-electron chi connectivity index (χ3n) is 3.90. The molecule has 7 nitrogen and oxygen atoms in total. The number of hydrogen-bond donors (Lipinski definition) is 2. The third kappa shape index (κ3) is 3.54. The zero-order valence-corrected chi connectivity index (χ0v) is 16.0. The van der Waals surface area contributed by atoms with Crippen LogP contribution >= 0.6 is 22.9 Å². The second kappa shape index (κ2) is 7.28. The fourth-order valence-electron chi connectivity index (χ4n) is 2.65. The minimum absolute atomic E-state index is 0.151. The molecule has 0 saturated heterocycles. The van der Waals surface area contributed by atoms with Crippen molar-refractivity contribution < 1.29 is 28.6 Å². The van der Waals surface area contributed by atoms with E-state index < -0.39 is 28.8 Å². The fourth-order valence-corrected chi connectivity index (χ4v) is 4.82. The highest BCUT2D eigenvalue weighted by molar-refractivity contribution is 7.81. The Kier molecular flexibility index (Phi) is 5.20. The predicted octanol–water partition coefficient (Wildman–Crippen LogP) is 4.19. The van der Waals surface area contributed by atoms with Gasteiger partial charge in [0, 0.05) is 9.72 Å². The van der Waals surface area contributed by atoms with E-state index in [1.807, 2.05) is 0 Å². The number of benzene rings is 2. The van der Waals surface area contributed by atoms with Crippen LogP contribution in [0.1, 0.15) is 26.3 Å². The lowest BCUT2D eigenvalue weighted by atomic mass is 10.1. The number of carboxylic acids is 2. The zero-order chi connectivity index (χ0) is 19.9. The number of hydrogen-bond acceptors (Lipinski definition) is 5. The average Bonchev–Trinajstić information content (AvgIpc) is 2.91. The molecule has 3 rings (SSSR count). The number of carbonyl (C=O) groups is 2. The van der Waals surface area contributed by atoms with Gasteiger partial charge in [-0.15, -0.1) is 11.3 Å². The van der Waals surface area contributed by atoms with Gasteiger partial charge in [0.15, 0.2) is 0 Å². The van der Waals surface area contributed by atoms with E-state index in [0.717, 1.165) is 37.9 Å². The van der Waals surface area contributed by atoms with Crippen LogP contribution < -0.4 is 4.31 Å². The lowest BCUT2D eigenvalue weighted by Gasteiger charge is -2.27. The summed E-state index contributed by atoms with van der Waals surface area (Å²) in [6.45, 7) is 1.70. The van der Waals surface area contributed by atoms with Crippen LogP contribution in [0.4, 0.5) is 10.7 Å². The van der Waals surface area contributed by atoms with Crippen LogP contribution in [0.15, 0.2) is 36.4 Å². The van der Waals surface area contributed by atoms with E-state index in [4.69, 9.17) is 16.7 Å². The first kappa shape index (κ1) is 19.3. The summed E-state index contributed by atoms with van der Waals surface area (Å²) < 4.78 is 25.6. The number of aromatic carboxylic acids is 2. The van der Waals surface area contributed by atoms with Crippen LogP contribution in [0.3, 0.4) is 0 Å². The number of rotatable bonds is 5. The van der Waals surface area contributed by atoms with Gasteiger partial charge in [-0.1, -0.05) is 11.6 Å². The van der Waals surface area contributed by atoms with E-state index in [1.165, 1.54) is 6.07 Å². The van der Waals surface area contributed by atoms with Crippen LogP contribution in [0, 0.1) is 6.92 Å². The Hall–Kier alpha value is -2.46. The summed E-state index contributed by atoms with van der Waals surface area (Å²) in [7, 11) is 0. The van der Waals surface area contributed by atoms with Crippen molar-refractivity contribution in [3.05, 3.63) is 58.1 Å². The standard InChI is InChI=1S/C17H12ClNO6S2/c1-8-11-7-10(18)3-5-14(11)26-15(8)19(27(24)25)13-4-2-9(16(20)21)6-12(13)17(22)23/h2-7H,1H3,(H,20,21)(H,22,23)(H,24,25)/p-1. The molecule has 0 aliphatic carbocycles. The zero-order valence-electron chi connectivity index (χ0n) is 13.6. The molecule has 2 aromatic carbocycles. The van der Waals surface area contributed by atoms with E-state index in [-0.39, 0.29) is 11.3 Å². The largest absolute Gasteiger partial charge is 0.755 e. The molecule has 2 N–H and O–H groups in total. The minimum Gasteiger partial charge on any atom is -0.755 e. The highest BCUT2D eigenvalue weighted by Crippen LogP contribution is 2.43. The van der Waals surface area contributed by atoms with Crippen LogP contribution in [0.5, 0.6) is 0 Å². The predicted molar refractivity (Wildman–Crippen MR) is 103 cm³/mol. The Balaban J connectivity index is 2.26. The molecule has 0 bridgehead atoms. The van der Waals surface area contributed by atoms with Gasteiger partial charge in [0.1, 0.15) is 5.00 Å². The lowest BCUT2D eigenvalue weighted by molar-refractivity contribution is 0.0696. The first-order valence-electron chi connectivity index (χ1n) is 7.39. The molecule has 3 aromatic rings. The average molecular weight is 425 g/mol. The van der Waals surface area contributed by atoms with Gasteiger partial charge in [0.25, 0.3) is 0 Å². The van der Waals surface area contributed by atoms with Crippen molar-refractivity contribution in [3.8, 4) is 0 Å². The maximum atomic E-state index is 12.0. The van der Waals surface area contributed by atoms with Gasteiger partial charge < -0.3 is 14.8 Å². The number of anilines is 2. The van der Waals surface area contributed by atoms with Gasteiger partial charge in [-0.05, 0) is 54.3 Å². The molecule has 10 heteroatoms. The van der Waals surface area contributed by atoms with Gasteiger partial charge in [-0.25, -0.2) is 9.59 Å². The molecule has 1 unspecified atom stereocenters. The number of aryl methyl sites for hydroxylation is 1. The smallest absolute Gasteiger partial charge is 0.337 e. The van der Waals surface area contributed by atoms with Crippen molar-refractivity contribution in [2.24, 2.45) is 0 Å². The molecule has 0 aliphatic heterocycles. The van der Waals surface area contributed by atoms with Crippen molar-refractivity contribution in [1.29, 1.82) is 0 Å². The van der Waals surface area contributed by atoms with E-state index in [1.54, 1.807) is 25.1 Å². The van der Waals surface area contributed by atoms with E-state index >= 15 is 0 Å². The molecule has 0 spiro atoms. The monoisotopic (exact) mass is 424 g/mol. The Labute approximate surface area is 164 Å². The van der Waals surface area contributed by atoms with Crippen molar-refractivity contribution in [2.45, 2.75) is 6.92 Å². The molecule has 0 aliphatic rings. The summed E-state index contributed by atoms with van der Waals surface area (Å²) in [5, 5.41) is 20.1. The molecule has 0 fully saturated rings. The van der Waals surface area contributed by atoms with Crippen molar-refractivity contribution >= 4 is 66.9 Å². The number of nitrogens with zero attached hydrogens (tertiary/aromatic N) is 1. The second-order valence-corrected chi connectivity index (χ2v) is 7.79. The van der Waals surface area contributed by atoms with E-state index in [0.29, 0.717) is 15.6 Å². The van der Waals surface area contributed by atoms with Crippen LogP contribution in [0.25, 0.3) is 10.1 Å². The number of carboxylic acid groups (broad SMARTS) is 2. The summed E-state index contributed by atoms with van der Waals surface area (Å²) in [4.78, 5) is 22.7. The molecular formula is C17H11ClNO6S2-. The molecule has 0 amide bonds. The first-order valence-corrected chi connectivity index (χ1v) is 9.62. The second-order valence-electron chi connectivity index (χ2n) is 5.53. The number of fused-ring (bicyclic) bond motifs is 1. The maximum absolute atomic E-state index is 12.0. The summed E-state index contributed by atoms with van der Waals surface area (Å²) in [6.07, 6.45) is 0. The number of halogens is 1. The van der Waals surface area contributed by atoms with Crippen molar-refractivity contribution in [2.75, 3.05) is 4.31 Å². The summed E-state index contributed by atoms with van der Waals surface area (Å²) in [5.41, 5.74) is -0.233. The Morgan fingerprint density at radius 1 is 1.15 bits per heavy atom. The molecule has 140 valence electrons. The van der Waals surface area contributed by atoms with Gasteiger partial charge >= 0.3 is 11.9 Å².